The van der Waals surface area contributed by atoms with Crippen molar-refractivity contribution in [3.05, 3.63) is 29.6 Å². The highest BCUT2D eigenvalue weighted by molar-refractivity contribution is 5.31. The highest BCUT2D eigenvalue weighted by Crippen LogP contribution is 2.29. The molecule has 3 heteroatoms. The first-order valence-electron chi connectivity index (χ1n) is 7.38. The van der Waals surface area contributed by atoms with Crippen molar-refractivity contribution in [2.24, 2.45) is 11.3 Å². The molecule has 2 nitrogen and oxygen atoms in total. The molecule has 0 aromatic heterocycles. The Kier molecular flexibility index (Phi) is 6.47. The van der Waals surface area contributed by atoms with Crippen molar-refractivity contribution >= 4 is 0 Å². The maximum Gasteiger partial charge on any atom is 0.168 e. The molecule has 114 valence electrons. The van der Waals surface area contributed by atoms with Gasteiger partial charge < -0.3 is 10.1 Å². The van der Waals surface area contributed by atoms with E-state index in [9.17, 15) is 4.39 Å². The van der Waals surface area contributed by atoms with Gasteiger partial charge in [0.15, 0.2) is 11.6 Å². The van der Waals surface area contributed by atoms with Crippen LogP contribution in [0.15, 0.2) is 18.2 Å². The first kappa shape index (κ1) is 17.0. The summed E-state index contributed by atoms with van der Waals surface area (Å²) in [5.41, 5.74) is 0.801. The topological polar surface area (TPSA) is 21.3 Å². The lowest BCUT2D eigenvalue weighted by molar-refractivity contribution is 0.314. The Morgan fingerprint density at radius 1 is 1.30 bits per heavy atom. The Morgan fingerprint density at radius 3 is 2.60 bits per heavy atom. The molecule has 0 aliphatic rings. The molecular weight excluding hydrogens is 253 g/mol. The molecule has 1 N–H and O–H groups in total. The molecule has 20 heavy (non-hydrogen) atoms. The van der Waals surface area contributed by atoms with E-state index in [0.717, 1.165) is 31.5 Å². The first-order chi connectivity index (χ1) is 9.35. The van der Waals surface area contributed by atoms with E-state index in [-0.39, 0.29) is 11.2 Å². The van der Waals surface area contributed by atoms with E-state index in [1.165, 1.54) is 7.11 Å². The van der Waals surface area contributed by atoms with Gasteiger partial charge in [0, 0.05) is 0 Å². The minimum Gasteiger partial charge on any atom is -0.494 e. The van der Waals surface area contributed by atoms with E-state index >= 15 is 0 Å². The molecule has 0 atom stereocenters. The van der Waals surface area contributed by atoms with Gasteiger partial charge in [-0.1, -0.05) is 39.8 Å². The Balaban J connectivity index is 2.57. The van der Waals surface area contributed by atoms with Crippen molar-refractivity contribution in [3.8, 4) is 5.75 Å². The van der Waals surface area contributed by atoms with Crippen LogP contribution in [0, 0.1) is 17.2 Å². The Labute approximate surface area is 122 Å². The fourth-order valence-corrected chi connectivity index (χ4v) is 2.27. The molecule has 0 heterocycles. The molecule has 1 aromatic rings. The molecular formula is C17H28FNO. The number of rotatable bonds is 8. The summed E-state index contributed by atoms with van der Waals surface area (Å²) in [7, 11) is 1.50. The normalized spacial score (nSPS) is 11.9. The smallest absolute Gasteiger partial charge is 0.168 e. The van der Waals surface area contributed by atoms with Crippen molar-refractivity contribution in [1.29, 1.82) is 0 Å². The highest BCUT2D eigenvalue weighted by Gasteiger charge is 2.21. The second kappa shape index (κ2) is 7.63. The maximum absolute atomic E-state index is 14.2. The molecule has 0 radical (unpaired) electrons. The Morgan fingerprint density at radius 2 is 2.00 bits per heavy atom. The van der Waals surface area contributed by atoms with Gasteiger partial charge in [-0.15, -0.1) is 0 Å². The summed E-state index contributed by atoms with van der Waals surface area (Å²) in [6.07, 6.45) is 1.75. The monoisotopic (exact) mass is 281 g/mol. The number of benzene rings is 1. The lowest BCUT2D eigenvalue weighted by atomic mass is 9.82. The van der Waals surface area contributed by atoms with Gasteiger partial charge >= 0.3 is 0 Å². The molecule has 0 spiro atoms. The summed E-state index contributed by atoms with van der Waals surface area (Å²) in [4.78, 5) is 0. The lowest BCUT2D eigenvalue weighted by Crippen LogP contribution is -2.26. The van der Waals surface area contributed by atoms with Crippen LogP contribution in [0.1, 0.15) is 39.7 Å². The van der Waals surface area contributed by atoms with Gasteiger partial charge in [-0.3, -0.25) is 0 Å². The van der Waals surface area contributed by atoms with E-state index < -0.39 is 0 Å². The zero-order valence-electron chi connectivity index (χ0n) is 13.4. The number of hydrogen-bond acceptors (Lipinski definition) is 2. The van der Waals surface area contributed by atoms with Crippen molar-refractivity contribution in [3.63, 3.8) is 0 Å². The summed E-state index contributed by atoms with van der Waals surface area (Å²) in [5.74, 6) is 0.767. The van der Waals surface area contributed by atoms with E-state index in [4.69, 9.17) is 4.74 Å². The number of nitrogens with one attached hydrogen (secondary N) is 1. The molecule has 1 rings (SSSR count). The van der Waals surface area contributed by atoms with Crippen molar-refractivity contribution in [2.45, 2.75) is 40.5 Å². The number of hydrogen-bond donors (Lipinski definition) is 1. The molecule has 0 saturated carbocycles. The van der Waals surface area contributed by atoms with E-state index in [1.807, 2.05) is 12.1 Å². The second-order valence-corrected chi connectivity index (χ2v) is 6.62. The van der Waals surface area contributed by atoms with Gasteiger partial charge in [0.05, 0.1) is 7.11 Å². The molecule has 0 saturated heterocycles. The van der Waals surface area contributed by atoms with Crippen LogP contribution in [-0.2, 0) is 6.42 Å². The molecule has 0 bridgehead atoms. The predicted molar refractivity (Wildman–Crippen MR) is 82.8 cm³/mol. The minimum absolute atomic E-state index is 0.0667. The van der Waals surface area contributed by atoms with Gasteiger partial charge in [0.25, 0.3) is 0 Å². The van der Waals surface area contributed by atoms with Gasteiger partial charge in [-0.25, -0.2) is 4.39 Å². The van der Waals surface area contributed by atoms with Gasteiger partial charge in [-0.05, 0) is 48.9 Å². The number of ether oxygens (including phenoxy) is 1. The lowest BCUT2D eigenvalue weighted by Gasteiger charge is -2.25. The van der Waals surface area contributed by atoms with E-state index in [1.54, 1.807) is 6.07 Å². The third kappa shape index (κ3) is 5.49. The summed E-state index contributed by atoms with van der Waals surface area (Å²) in [5, 5.41) is 3.45. The number of halogens is 1. The highest BCUT2D eigenvalue weighted by atomic mass is 19.1. The average Bonchev–Trinajstić information content (AvgIpc) is 2.37. The van der Waals surface area contributed by atoms with Gasteiger partial charge in [0.2, 0.25) is 0 Å². The van der Waals surface area contributed by atoms with Crippen LogP contribution in [0.4, 0.5) is 4.39 Å². The summed E-state index contributed by atoms with van der Waals surface area (Å²) in [6.45, 7) is 10.8. The molecule has 0 unspecified atom stereocenters. The zero-order valence-corrected chi connectivity index (χ0v) is 13.4. The summed E-state index contributed by atoms with van der Waals surface area (Å²) >= 11 is 0. The molecule has 0 amide bonds. The summed E-state index contributed by atoms with van der Waals surface area (Å²) in [6, 6.07) is 5.36. The Hall–Kier alpha value is -1.09. The van der Waals surface area contributed by atoms with Crippen molar-refractivity contribution in [1.82, 2.24) is 5.32 Å². The first-order valence-corrected chi connectivity index (χ1v) is 7.38. The standard InChI is InChI=1S/C17H28FNO/c1-13(2)12-19-10-9-17(3,4)11-14-7-6-8-15(20-5)16(14)18/h6-8,13,19H,9-12H2,1-5H3. The Bertz CT molecular complexity index is 415. The van der Waals surface area contributed by atoms with Crippen LogP contribution in [-0.4, -0.2) is 20.2 Å². The third-order valence-electron chi connectivity index (χ3n) is 3.46. The fourth-order valence-electron chi connectivity index (χ4n) is 2.27. The third-order valence-corrected chi connectivity index (χ3v) is 3.46. The maximum atomic E-state index is 14.2. The van der Waals surface area contributed by atoms with Crippen molar-refractivity contribution in [2.75, 3.05) is 20.2 Å². The second-order valence-electron chi connectivity index (χ2n) is 6.62. The van der Waals surface area contributed by atoms with Gasteiger partial charge in [-0.2, -0.15) is 0 Å². The van der Waals surface area contributed by atoms with Crippen LogP contribution in [0.5, 0.6) is 5.75 Å². The quantitative estimate of drug-likeness (QED) is 0.726. The molecule has 0 fully saturated rings. The summed E-state index contributed by atoms with van der Waals surface area (Å²) < 4.78 is 19.2. The largest absolute Gasteiger partial charge is 0.494 e. The predicted octanol–water partition coefficient (Wildman–Crippen LogP) is 4.04. The van der Waals surface area contributed by atoms with Crippen LogP contribution < -0.4 is 10.1 Å². The van der Waals surface area contributed by atoms with E-state index in [2.05, 4.69) is 33.0 Å². The molecule has 0 aliphatic heterocycles. The SMILES string of the molecule is COc1cccc(CC(C)(C)CCNCC(C)C)c1F. The molecule has 0 aliphatic carbocycles. The fraction of sp³-hybridized carbons (Fsp3) is 0.647. The van der Waals surface area contributed by atoms with Gasteiger partial charge in [0.1, 0.15) is 0 Å². The van der Waals surface area contributed by atoms with E-state index in [0.29, 0.717) is 11.7 Å². The van der Waals surface area contributed by atoms with Crippen LogP contribution in [0.2, 0.25) is 0 Å². The van der Waals surface area contributed by atoms with Crippen LogP contribution in [0.25, 0.3) is 0 Å². The van der Waals surface area contributed by atoms with Crippen LogP contribution >= 0.6 is 0 Å². The zero-order chi connectivity index (χ0) is 15.2. The molecule has 1 aromatic carbocycles. The minimum atomic E-state index is -0.224. The average molecular weight is 281 g/mol. The number of methoxy groups -OCH3 is 1. The van der Waals surface area contributed by atoms with Crippen molar-refractivity contribution < 1.29 is 9.13 Å². The van der Waals surface area contributed by atoms with Crippen LogP contribution in [0.3, 0.4) is 0 Å².